The highest BCUT2D eigenvalue weighted by molar-refractivity contribution is 5.93. The number of carbonyl (C=O) groups is 1. The lowest BCUT2D eigenvalue weighted by molar-refractivity contribution is -0.114. The van der Waals surface area contributed by atoms with Gasteiger partial charge in [0, 0.05) is 6.21 Å². The van der Waals surface area contributed by atoms with Gasteiger partial charge < -0.3 is 5.73 Å². The quantitative estimate of drug-likeness (QED) is 0.451. The molecule has 10 heavy (non-hydrogen) atoms. The lowest BCUT2D eigenvalue weighted by atomic mass is 10.4. The number of aliphatic imine (C=N–C) groups is 1. The monoisotopic (exact) mass is 138 g/mol. The average Bonchev–Trinajstić information content (AvgIpc) is 1.89. The number of rotatable bonds is 3. The highest BCUT2D eigenvalue weighted by atomic mass is 16.1. The maximum Gasteiger partial charge on any atom is 0.266 e. The van der Waals surface area contributed by atoms with Gasteiger partial charge in [0.2, 0.25) is 0 Å². The van der Waals surface area contributed by atoms with Crippen LogP contribution in [-0.2, 0) is 4.79 Å². The van der Waals surface area contributed by atoms with Crippen LogP contribution in [0.2, 0.25) is 0 Å². The molecular weight excluding hydrogens is 128 g/mol. The van der Waals surface area contributed by atoms with Crippen LogP contribution in [0, 0.1) is 0 Å². The number of hydrogen-bond donors (Lipinski definition) is 1. The first kappa shape index (κ1) is 8.62. The Morgan fingerprint density at radius 1 is 1.70 bits per heavy atom. The van der Waals surface area contributed by atoms with Gasteiger partial charge >= 0.3 is 0 Å². The van der Waals surface area contributed by atoms with Crippen LogP contribution in [0.1, 0.15) is 6.92 Å². The molecule has 1 amide bonds. The molecule has 2 N–H and O–H groups in total. The van der Waals surface area contributed by atoms with Crippen LogP contribution in [0.3, 0.4) is 0 Å². The third-order valence-electron chi connectivity index (χ3n) is 0.845. The zero-order chi connectivity index (χ0) is 7.98. The minimum absolute atomic E-state index is 0.250. The Kier molecular flexibility index (Phi) is 3.87. The topological polar surface area (TPSA) is 55.4 Å². The summed E-state index contributed by atoms with van der Waals surface area (Å²) >= 11 is 0. The summed E-state index contributed by atoms with van der Waals surface area (Å²) in [5.74, 6) is -0.527. The normalized spacial score (nSPS) is 11.9. The molecule has 0 aromatic heterocycles. The molecule has 0 saturated carbocycles. The maximum atomic E-state index is 10.4. The fourth-order valence-electron chi connectivity index (χ4n) is 0.413. The first-order valence-electron chi connectivity index (χ1n) is 2.83. The van der Waals surface area contributed by atoms with Crippen molar-refractivity contribution in [1.82, 2.24) is 0 Å². The molecule has 0 unspecified atom stereocenters. The molecule has 0 aromatic carbocycles. The summed E-state index contributed by atoms with van der Waals surface area (Å²) in [7, 11) is 0. The van der Waals surface area contributed by atoms with Crippen LogP contribution < -0.4 is 5.73 Å². The summed E-state index contributed by atoms with van der Waals surface area (Å²) in [4.78, 5) is 14.1. The molecule has 0 saturated heterocycles. The van der Waals surface area contributed by atoms with Gasteiger partial charge in [0.25, 0.3) is 5.91 Å². The second-order valence-corrected chi connectivity index (χ2v) is 1.55. The van der Waals surface area contributed by atoms with E-state index >= 15 is 0 Å². The minimum Gasteiger partial charge on any atom is -0.364 e. The summed E-state index contributed by atoms with van der Waals surface area (Å²) in [6.07, 6.45) is 4.44. The van der Waals surface area contributed by atoms with E-state index in [0.29, 0.717) is 0 Å². The first-order chi connectivity index (χ1) is 4.72. The van der Waals surface area contributed by atoms with Gasteiger partial charge in [0.05, 0.1) is 0 Å². The summed E-state index contributed by atoms with van der Waals surface area (Å²) in [5, 5.41) is 0. The Bertz CT molecular complexity index is 192. The highest BCUT2D eigenvalue weighted by Gasteiger charge is 1.96. The Morgan fingerprint density at radius 2 is 2.30 bits per heavy atom. The van der Waals surface area contributed by atoms with E-state index in [1.165, 1.54) is 12.3 Å². The fourth-order valence-corrected chi connectivity index (χ4v) is 0.413. The van der Waals surface area contributed by atoms with Crippen LogP contribution in [-0.4, -0.2) is 12.1 Å². The second kappa shape index (κ2) is 4.49. The van der Waals surface area contributed by atoms with Gasteiger partial charge in [-0.3, -0.25) is 9.79 Å². The van der Waals surface area contributed by atoms with Gasteiger partial charge in [-0.25, -0.2) is 0 Å². The Balaban J connectivity index is 4.25. The van der Waals surface area contributed by atoms with E-state index < -0.39 is 5.91 Å². The van der Waals surface area contributed by atoms with E-state index in [1.807, 2.05) is 0 Å². The molecule has 0 bridgehead atoms. The number of hydrogen-bond acceptors (Lipinski definition) is 2. The molecule has 0 aromatic rings. The fraction of sp³-hybridized carbons (Fsp3) is 0.143. The zero-order valence-corrected chi connectivity index (χ0v) is 5.87. The Morgan fingerprint density at radius 3 is 2.60 bits per heavy atom. The molecule has 0 aliphatic carbocycles. The van der Waals surface area contributed by atoms with Crippen LogP contribution >= 0.6 is 0 Å². The van der Waals surface area contributed by atoms with E-state index in [-0.39, 0.29) is 5.70 Å². The number of nitrogens with zero attached hydrogens (tertiary/aromatic N) is 1. The van der Waals surface area contributed by atoms with Crippen molar-refractivity contribution in [3.05, 3.63) is 24.4 Å². The summed E-state index contributed by atoms with van der Waals surface area (Å²) in [5.41, 5.74) is 5.18. The summed E-state index contributed by atoms with van der Waals surface area (Å²) in [6, 6.07) is 0. The molecule has 3 heteroatoms. The van der Waals surface area contributed by atoms with E-state index in [2.05, 4.69) is 11.6 Å². The smallest absolute Gasteiger partial charge is 0.266 e. The standard InChI is InChI=1S/C7H10N2O/c1-3-5-9-6(4-2)7(8)10/h3-5H,1H2,2H3,(H2,8,10)/b6-4-,9-5-. The van der Waals surface area contributed by atoms with Gasteiger partial charge in [0.15, 0.2) is 0 Å². The van der Waals surface area contributed by atoms with Crippen LogP contribution in [0.25, 0.3) is 0 Å². The third-order valence-corrected chi connectivity index (χ3v) is 0.845. The van der Waals surface area contributed by atoms with Crippen molar-refractivity contribution in [3.8, 4) is 0 Å². The highest BCUT2D eigenvalue weighted by Crippen LogP contribution is 1.92. The SMILES string of the molecule is C=C/C=N\C(=C/C)C(N)=O. The molecule has 0 aliphatic rings. The third kappa shape index (κ3) is 2.81. The molecule has 0 aliphatic heterocycles. The largest absolute Gasteiger partial charge is 0.364 e. The number of nitrogens with two attached hydrogens (primary N) is 1. The van der Waals surface area contributed by atoms with Crippen LogP contribution in [0.15, 0.2) is 29.4 Å². The molecule has 54 valence electrons. The van der Waals surface area contributed by atoms with Gasteiger partial charge in [0.1, 0.15) is 5.70 Å². The van der Waals surface area contributed by atoms with Gasteiger partial charge in [-0.2, -0.15) is 0 Å². The van der Waals surface area contributed by atoms with Crippen molar-refractivity contribution in [2.45, 2.75) is 6.92 Å². The number of carbonyl (C=O) groups excluding carboxylic acids is 1. The Labute approximate surface area is 59.9 Å². The molecule has 0 heterocycles. The van der Waals surface area contributed by atoms with Crippen molar-refractivity contribution in [3.63, 3.8) is 0 Å². The van der Waals surface area contributed by atoms with Crippen LogP contribution in [0.4, 0.5) is 0 Å². The number of allylic oxidation sites excluding steroid dienone is 2. The van der Waals surface area contributed by atoms with Gasteiger partial charge in [-0.05, 0) is 6.92 Å². The van der Waals surface area contributed by atoms with E-state index in [1.54, 1.807) is 13.0 Å². The average molecular weight is 138 g/mol. The number of primary amides is 1. The van der Waals surface area contributed by atoms with Crippen molar-refractivity contribution >= 4 is 12.1 Å². The summed E-state index contributed by atoms with van der Waals surface area (Å²) < 4.78 is 0. The van der Waals surface area contributed by atoms with Gasteiger partial charge in [-0.1, -0.05) is 18.7 Å². The predicted octanol–water partition coefficient (Wildman–Crippen LogP) is 0.632. The lowest BCUT2D eigenvalue weighted by Crippen LogP contribution is -2.12. The molecule has 3 nitrogen and oxygen atoms in total. The van der Waals surface area contributed by atoms with E-state index in [0.717, 1.165) is 0 Å². The van der Waals surface area contributed by atoms with Crippen molar-refractivity contribution in [1.29, 1.82) is 0 Å². The molecule has 0 atom stereocenters. The maximum absolute atomic E-state index is 10.4. The van der Waals surface area contributed by atoms with Crippen LogP contribution in [0.5, 0.6) is 0 Å². The van der Waals surface area contributed by atoms with Gasteiger partial charge in [-0.15, -0.1) is 0 Å². The van der Waals surface area contributed by atoms with E-state index in [4.69, 9.17) is 5.73 Å². The van der Waals surface area contributed by atoms with E-state index in [9.17, 15) is 4.79 Å². The molecule has 0 rings (SSSR count). The number of amides is 1. The molecule has 0 radical (unpaired) electrons. The van der Waals surface area contributed by atoms with Crippen molar-refractivity contribution < 1.29 is 4.79 Å². The minimum atomic E-state index is -0.527. The summed E-state index contributed by atoms with van der Waals surface area (Å²) in [6.45, 7) is 5.09. The molecule has 0 spiro atoms. The lowest BCUT2D eigenvalue weighted by Gasteiger charge is -1.89. The first-order valence-corrected chi connectivity index (χ1v) is 2.83. The zero-order valence-electron chi connectivity index (χ0n) is 5.87. The Hall–Kier alpha value is -1.38. The predicted molar refractivity (Wildman–Crippen MR) is 41.6 cm³/mol. The molecular formula is C7H10N2O. The van der Waals surface area contributed by atoms with Crippen molar-refractivity contribution in [2.24, 2.45) is 10.7 Å². The van der Waals surface area contributed by atoms with Crippen molar-refractivity contribution in [2.75, 3.05) is 0 Å². The molecule has 0 fully saturated rings. The second-order valence-electron chi connectivity index (χ2n) is 1.55.